The third-order valence-electron chi connectivity index (χ3n) is 2.86. The minimum Gasteiger partial charge on any atom is -0.477 e. The van der Waals surface area contributed by atoms with Gasteiger partial charge in [0, 0.05) is 17.3 Å². The first-order valence-electron chi connectivity index (χ1n) is 5.60. The molecule has 94 valence electrons. The summed E-state index contributed by atoms with van der Waals surface area (Å²) < 4.78 is 14.9. The molecule has 5 heteroatoms. The molecule has 0 spiro atoms. The molecule has 19 heavy (non-hydrogen) atoms. The first-order chi connectivity index (χ1) is 9.13. The number of hydrogen-bond donors (Lipinski definition) is 1. The van der Waals surface area contributed by atoms with E-state index in [1.54, 1.807) is 28.8 Å². The van der Waals surface area contributed by atoms with Crippen LogP contribution in [0.4, 0.5) is 4.39 Å². The third kappa shape index (κ3) is 2.06. The van der Waals surface area contributed by atoms with E-state index in [0.29, 0.717) is 5.52 Å². The van der Waals surface area contributed by atoms with Gasteiger partial charge in [0.1, 0.15) is 12.1 Å². The van der Waals surface area contributed by atoms with E-state index >= 15 is 0 Å². The lowest BCUT2D eigenvalue weighted by atomic mass is 10.1. The second-order valence-corrected chi connectivity index (χ2v) is 4.15. The van der Waals surface area contributed by atoms with Crippen molar-refractivity contribution in [2.45, 2.75) is 0 Å². The normalized spacial score (nSPS) is 10.8. The highest BCUT2D eigenvalue weighted by Crippen LogP contribution is 2.23. The second-order valence-electron chi connectivity index (χ2n) is 4.15. The summed E-state index contributed by atoms with van der Waals surface area (Å²) in [5.41, 5.74) is 2.23. The van der Waals surface area contributed by atoms with Gasteiger partial charge in [0.25, 0.3) is 0 Å². The molecule has 0 bridgehead atoms. The summed E-state index contributed by atoms with van der Waals surface area (Å²) in [5.74, 6) is -1.38. The van der Waals surface area contributed by atoms with Crippen LogP contribution in [0.5, 0.6) is 0 Å². The zero-order valence-corrected chi connectivity index (χ0v) is 9.75. The Morgan fingerprint density at radius 3 is 2.79 bits per heavy atom. The summed E-state index contributed by atoms with van der Waals surface area (Å²) in [6.07, 6.45) is 3.21. The Labute approximate surface area is 107 Å². The largest absolute Gasteiger partial charge is 0.477 e. The van der Waals surface area contributed by atoms with Crippen molar-refractivity contribution in [1.82, 2.24) is 9.38 Å². The Balaban J connectivity index is 2.14. The number of carbonyl (C=O) groups is 1. The van der Waals surface area contributed by atoms with Gasteiger partial charge in [-0.2, -0.15) is 0 Å². The average Bonchev–Trinajstić information content (AvgIpc) is 2.81. The first-order valence-corrected chi connectivity index (χ1v) is 5.60. The van der Waals surface area contributed by atoms with Gasteiger partial charge in [0.2, 0.25) is 0 Å². The minimum atomic E-state index is -1.07. The predicted octanol–water partition coefficient (Wildman–Crippen LogP) is 2.84. The highest BCUT2D eigenvalue weighted by atomic mass is 19.1. The fraction of sp³-hybridized carbons (Fsp3) is 0. The molecule has 0 saturated heterocycles. The van der Waals surface area contributed by atoms with Crippen molar-refractivity contribution in [1.29, 1.82) is 0 Å². The van der Waals surface area contributed by atoms with Crippen LogP contribution in [0.15, 0.2) is 48.9 Å². The molecule has 1 aromatic carbocycles. The molecule has 0 aliphatic carbocycles. The molecule has 0 unspecified atom stereocenters. The SMILES string of the molecule is O=C(O)c1cc2cc(-c3cccc(F)c3)cn2cn1. The number of aromatic nitrogens is 2. The summed E-state index contributed by atoms with van der Waals surface area (Å²) in [5, 5.41) is 8.88. The standard InChI is InChI=1S/C14H9FN2O2/c15-11-3-1-2-9(4-11)10-5-12-6-13(14(18)19)16-8-17(12)7-10/h1-8H,(H,18,19). The van der Waals surface area contributed by atoms with Crippen LogP contribution < -0.4 is 0 Å². The maximum atomic E-state index is 13.2. The summed E-state index contributed by atoms with van der Waals surface area (Å²) in [6.45, 7) is 0. The van der Waals surface area contributed by atoms with Gasteiger partial charge in [0.15, 0.2) is 5.69 Å². The van der Waals surface area contributed by atoms with E-state index in [1.807, 2.05) is 0 Å². The molecule has 3 aromatic rings. The van der Waals surface area contributed by atoms with Gasteiger partial charge >= 0.3 is 5.97 Å². The Hall–Kier alpha value is -2.69. The predicted molar refractivity (Wildman–Crippen MR) is 67.5 cm³/mol. The number of fused-ring (bicyclic) bond motifs is 1. The third-order valence-corrected chi connectivity index (χ3v) is 2.86. The molecule has 0 saturated carbocycles. The van der Waals surface area contributed by atoms with Gasteiger partial charge in [0.05, 0.1) is 0 Å². The summed E-state index contributed by atoms with van der Waals surface area (Å²) >= 11 is 0. The zero-order valence-electron chi connectivity index (χ0n) is 9.75. The molecule has 0 aliphatic heterocycles. The van der Waals surface area contributed by atoms with Crippen LogP contribution in [-0.4, -0.2) is 20.5 Å². The molecule has 0 radical (unpaired) electrons. The van der Waals surface area contributed by atoms with E-state index in [4.69, 9.17) is 5.11 Å². The Morgan fingerprint density at radius 2 is 2.05 bits per heavy atom. The lowest BCUT2D eigenvalue weighted by Crippen LogP contribution is -2.00. The van der Waals surface area contributed by atoms with Crippen LogP contribution in [0.3, 0.4) is 0 Å². The fourth-order valence-electron chi connectivity index (χ4n) is 1.96. The van der Waals surface area contributed by atoms with Crippen LogP contribution >= 0.6 is 0 Å². The van der Waals surface area contributed by atoms with Crippen molar-refractivity contribution in [3.63, 3.8) is 0 Å². The molecule has 0 atom stereocenters. The van der Waals surface area contributed by atoms with Crippen molar-refractivity contribution >= 4 is 11.5 Å². The average molecular weight is 256 g/mol. The van der Waals surface area contributed by atoms with Gasteiger partial charge in [-0.3, -0.25) is 0 Å². The second kappa shape index (κ2) is 4.20. The fourth-order valence-corrected chi connectivity index (χ4v) is 1.96. The number of hydrogen-bond acceptors (Lipinski definition) is 2. The number of halogens is 1. The maximum Gasteiger partial charge on any atom is 0.354 e. The quantitative estimate of drug-likeness (QED) is 0.767. The van der Waals surface area contributed by atoms with Crippen LogP contribution in [0, 0.1) is 5.82 Å². The Kier molecular flexibility index (Phi) is 2.52. The maximum absolute atomic E-state index is 13.2. The van der Waals surface area contributed by atoms with Crippen LogP contribution in [0.1, 0.15) is 10.5 Å². The number of aromatic carboxylic acids is 1. The lowest BCUT2D eigenvalue weighted by molar-refractivity contribution is 0.0690. The molecule has 0 fully saturated rings. The van der Waals surface area contributed by atoms with Crippen LogP contribution in [0.2, 0.25) is 0 Å². The van der Waals surface area contributed by atoms with Crippen molar-refractivity contribution in [3.05, 3.63) is 60.4 Å². The number of rotatable bonds is 2. The smallest absolute Gasteiger partial charge is 0.354 e. The van der Waals surface area contributed by atoms with Crippen LogP contribution in [0.25, 0.3) is 16.6 Å². The van der Waals surface area contributed by atoms with E-state index in [1.165, 1.54) is 24.5 Å². The Bertz CT molecular complexity index is 780. The lowest BCUT2D eigenvalue weighted by Gasteiger charge is -1.96. The van der Waals surface area contributed by atoms with Crippen LogP contribution in [-0.2, 0) is 0 Å². The molecule has 4 nitrogen and oxygen atoms in total. The van der Waals surface area contributed by atoms with E-state index in [2.05, 4.69) is 4.98 Å². The van der Waals surface area contributed by atoms with E-state index in [-0.39, 0.29) is 11.5 Å². The topological polar surface area (TPSA) is 54.6 Å². The minimum absolute atomic E-state index is 0.0172. The van der Waals surface area contributed by atoms with Gasteiger partial charge in [-0.25, -0.2) is 14.2 Å². The Morgan fingerprint density at radius 1 is 1.21 bits per heavy atom. The van der Waals surface area contributed by atoms with Gasteiger partial charge in [-0.15, -0.1) is 0 Å². The van der Waals surface area contributed by atoms with Gasteiger partial charge in [-0.1, -0.05) is 12.1 Å². The first kappa shape index (κ1) is 11.4. The molecule has 1 N–H and O–H groups in total. The summed E-state index contributed by atoms with van der Waals surface area (Å²) in [7, 11) is 0. The zero-order chi connectivity index (χ0) is 13.4. The molecule has 2 heterocycles. The molecule has 0 amide bonds. The van der Waals surface area contributed by atoms with Crippen molar-refractivity contribution in [3.8, 4) is 11.1 Å². The number of carboxylic acids is 1. The number of nitrogens with zero attached hydrogens (tertiary/aromatic N) is 2. The van der Waals surface area contributed by atoms with E-state index in [9.17, 15) is 9.18 Å². The van der Waals surface area contributed by atoms with Crippen molar-refractivity contribution in [2.75, 3.05) is 0 Å². The summed E-state index contributed by atoms with van der Waals surface area (Å²) in [6, 6.07) is 9.51. The summed E-state index contributed by atoms with van der Waals surface area (Å²) in [4.78, 5) is 14.7. The van der Waals surface area contributed by atoms with E-state index < -0.39 is 5.97 Å². The van der Waals surface area contributed by atoms with Crippen molar-refractivity contribution < 1.29 is 14.3 Å². The molecule has 2 aromatic heterocycles. The number of benzene rings is 1. The van der Waals surface area contributed by atoms with Gasteiger partial charge < -0.3 is 9.51 Å². The van der Waals surface area contributed by atoms with Gasteiger partial charge in [-0.05, 0) is 29.8 Å². The highest BCUT2D eigenvalue weighted by molar-refractivity contribution is 5.87. The van der Waals surface area contributed by atoms with Crippen molar-refractivity contribution in [2.24, 2.45) is 0 Å². The molecule has 0 aliphatic rings. The molecule has 3 rings (SSSR count). The molecular formula is C14H9FN2O2. The molecular weight excluding hydrogens is 247 g/mol. The van der Waals surface area contributed by atoms with E-state index in [0.717, 1.165) is 11.1 Å². The monoisotopic (exact) mass is 256 g/mol. The highest BCUT2D eigenvalue weighted by Gasteiger charge is 2.08. The number of carboxylic acid groups (broad SMARTS) is 1.